The molecule has 0 spiro atoms. The van der Waals surface area contributed by atoms with Crippen LogP contribution in [0.4, 0.5) is 5.69 Å². The number of rotatable bonds is 5. The summed E-state index contributed by atoms with van der Waals surface area (Å²) in [5.74, 6) is -0.577. The highest BCUT2D eigenvalue weighted by Gasteiger charge is 2.05. The zero-order valence-corrected chi connectivity index (χ0v) is 9.95. The summed E-state index contributed by atoms with van der Waals surface area (Å²) in [5.41, 5.74) is 1.78. The second-order valence-electron chi connectivity index (χ2n) is 3.63. The van der Waals surface area contributed by atoms with Crippen molar-refractivity contribution in [3.8, 4) is 0 Å². The first-order chi connectivity index (χ1) is 8.11. The highest BCUT2D eigenvalue weighted by molar-refractivity contribution is 5.94. The normalized spacial score (nSPS) is 9.76. The lowest BCUT2D eigenvalue weighted by Gasteiger charge is -2.07. The van der Waals surface area contributed by atoms with Gasteiger partial charge in [0.1, 0.15) is 6.61 Å². The zero-order valence-electron chi connectivity index (χ0n) is 9.95. The van der Waals surface area contributed by atoms with Crippen molar-refractivity contribution in [2.45, 2.75) is 6.92 Å². The standard InChI is InChI=1S/C12H16N2O3/c1-9-4-3-5-10(6-9)14-11(15)7-13-12(16)8-17-2/h3-6H,7-8H2,1-2H3,(H,13,16)(H,14,15). The summed E-state index contributed by atoms with van der Waals surface area (Å²) in [5, 5.41) is 5.13. The van der Waals surface area contributed by atoms with Gasteiger partial charge in [0.15, 0.2) is 0 Å². The minimum Gasteiger partial charge on any atom is -0.375 e. The van der Waals surface area contributed by atoms with Crippen LogP contribution in [0.5, 0.6) is 0 Å². The zero-order chi connectivity index (χ0) is 12.7. The molecule has 2 amide bonds. The van der Waals surface area contributed by atoms with E-state index < -0.39 is 0 Å². The minimum absolute atomic E-state index is 0.0439. The molecule has 92 valence electrons. The van der Waals surface area contributed by atoms with Gasteiger partial charge in [0.05, 0.1) is 6.54 Å². The maximum Gasteiger partial charge on any atom is 0.246 e. The van der Waals surface area contributed by atoms with Crippen molar-refractivity contribution >= 4 is 17.5 Å². The average molecular weight is 236 g/mol. The molecule has 0 aliphatic carbocycles. The first-order valence-corrected chi connectivity index (χ1v) is 5.24. The maximum absolute atomic E-state index is 11.5. The van der Waals surface area contributed by atoms with Crippen molar-refractivity contribution in [1.82, 2.24) is 5.32 Å². The summed E-state index contributed by atoms with van der Waals surface area (Å²) in [4.78, 5) is 22.5. The number of benzene rings is 1. The predicted octanol–water partition coefficient (Wildman–Crippen LogP) is 0.696. The molecule has 1 aromatic rings. The van der Waals surface area contributed by atoms with Crippen LogP contribution in [0.25, 0.3) is 0 Å². The molecule has 17 heavy (non-hydrogen) atoms. The Kier molecular flexibility index (Phi) is 5.16. The van der Waals surface area contributed by atoms with Gasteiger partial charge in [0, 0.05) is 12.8 Å². The molecular formula is C12H16N2O3. The fourth-order valence-electron chi connectivity index (χ4n) is 1.29. The number of anilines is 1. The van der Waals surface area contributed by atoms with E-state index in [1.54, 1.807) is 6.07 Å². The van der Waals surface area contributed by atoms with E-state index in [0.717, 1.165) is 11.3 Å². The summed E-state index contributed by atoms with van der Waals surface area (Å²) < 4.78 is 4.63. The lowest BCUT2D eigenvalue weighted by atomic mass is 10.2. The van der Waals surface area contributed by atoms with Gasteiger partial charge in [-0.3, -0.25) is 9.59 Å². The van der Waals surface area contributed by atoms with E-state index in [9.17, 15) is 9.59 Å². The number of carbonyl (C=O) groups is 2. The van der Waals surface area contributed by atoms with Gasteiger partial charge in [-0.2, -0.15) is 0 Å². The largest absolute Gasteiger partial charge is 0.375 e. The van der Waals surface area contributed by atoms with Crippen LogP contribution in [0, 0.1) is 6.92 Å². The number of aryl methyl sites for hydroxylation is 1. The van der Waals surface area contributed by atoms with Gasteiger partial charge in [-0.05, 0) is 24.6 Å². The van der Waals surface area contributed by atoms with Gasteiger partial charge in [-0.1, -0.05) is 12.1 Å². The molecule has 1 rings (SSSR count). The van der Waals surface area contributed by atoms with Crippen LogP contribution in [0.15, 0.2) is 24.3 Å². The third-order valence-corrected chi connectivity index (χ3v) is 2.02. The van der Waals surface area contributed by atoms with Crippen molar-refractivity contribution < 1.29 is 14.3 Å². The molecule has 0 atom stereocenters. The molecular weight excluding hydrogens is 220 g/mol. The Morgan fingerprint density at radius 2 is 2.06 bits per heavy atom. The quantitative estimate of drug-likeness (QED) is 0.790. The second kappa shape index (κ2) is 6.65. The summed E-state index contributed by atoms with van der Waals surface area (Å²) >= 11 is 0. The molecule has 0 saturated carbocycles. The van der Waals surface area contributed by atoms with Crippen molar-refractivity contribution in [2.24, 2.45) is 0 Å². The smallest absolute Gasteiger partial charge is 0.246 e. The van der Waals surface area contributed by atoms with Crippen molar-refractivity contribution in [2.75, 3.05) is 25.6 Å². The minimum atomic E-state index is -0.313. The van der Waals surface area contributed by atoms with Gasteiger partial charge in [0.2, 0.25) is 11.8 Å². The van der Waals surface area contributed by atoms with E-state index in [-0.39, 0.29) is 25.0 Å². The number of ether oxygens (including phenoxy) is 1. The molecule has 0 aromatic heterocycles. The SMILES string of the molecule is COCC(=O)NCC(=O)Nc1cccc(C)c1. The number of methoxy groups -OCH3 is 1. The topological polar surface area (TPSA) is 67.4 Å². The highest BCUT2D eigenvalue weighted by atomic mass is 16.5. The van der Waals surface area contributed by atoms with E-state index in [0.29, 0.717) is 0 Å². The molecule has 0 radical (unpaired) electrons. The van der Waals surface area contributed by atoms with E-state index in [1.807, 2.05) is 25.1 Å². The Balaban J connectivity index is 2.37. The first kappa shape index (κ1) is 13.2. The fraction of sp³-hybridized carbons (Fsp3) is 0.333. The Hall–Kier alpha value is -1.88. The molecule has 0 heterocycles. The van der Waals surface area contributed by atoms with Gasteiger partial charge in [-0.25, -0.2) is 0 Å². The highest BCUT2D eigenvalue weighted by Crippen LogP contribution is 2.08. The second-order valence-corrected chi connectivity index (χ2v) is 3.63. The third-order valence-electron chi connectivity index (χ3n) is 2.02. The lowest BCUT2D eigenvalue weighted by Crippen LogP contribution is -2.34. The fourth-order valence-corrected chi connectivity index (χ4v) is 1.29. The molecule has 0 aliphatic heterocycles. The number of hydrogen-bond donors (Lipinski definition) is 2. The average Bonchev–Trinajstić information content (AvgIpc) is 2.27. The number of amides is 2. The van der Waals surface area contributed by atoms with Crippen LogP contribution in [-0.4, -0.2) is 32.1 Å². The molecule has 5 heteroatoms. The van der Waals surface area contributed by atoms with Gasteiger partial charge in [-0.15, -0.1) is 0 Å². The molecule has 0 saturated heterocycles. The lowest BCUT2D eigenvalue weighted by molar-refractivity contribution is -0.127. The molecule has 5 nitrogen and oxygen atoms in total. The Bertz CT molecular complexity index is 404. The summed E-state index contributed by atoms with van der Waals surface area (Å²) in [7, 11) is 1.42. The van der Waals surface area contributed by atoms with E-state index in [1.165, 1.54) is 7.11 Å². The van der Waals surface area contributed by atoms with E-state index in [4.69, 9.17) is 0 Å². The number of hydrogen-bond acceptors (Lipinski definition) is 3. The maximum atomic E-state index is 11.5. The van der Waals surface area contributed by atoms with Crippen LogP contribution in [-0.2, 0) is 14.3 Å². The molecule has 1 aromatic carbocycles. The van der Waals surface area contributed by atoms with Crippen molar-refractivity contribution in [1.29, 1.82) is 0 Å². The van der Waals surface area contributed by atoms with Crippen LogP contribution >= 0.6 is 0 Å². The number of nitrogens with one attached hydrogen (secondary N) is 2. The predicted molar refractivity (Wildman–Crippen MR) is 64.7 cm³/mol. The van der Waals surface area contributed by atoms with Gasteiger partial charge in [0.25, 0.3) is 0 Å². The Morgan fingerprint density at radius 3 is 2.71 bits per heavy atom. The summed E-state index contributed by atoms with van der Waals surface area (Å²) in [6.07, 6.45) is 0. The van der Waals surface area contributed by atoms with E-state index in [2.05, 4.69) is 15.4 Å². The van der Waals surface area contributed by atoms with Crippen LogP contribution in [0.3, 0.4) is 0 Å². The first-order valence-electron chi connectivity index (χ1n) is 5.24. The molecule has 0 fully saturated rings. The Morgan fingerprint density at radius 1 is 1.29 bits per heavy atom. The molecule has 2 N–H and O–H groups in total. The summed E-state index contributed by atoms with van der Waals surface area (Å²) in [6.45, 7) is 1.84. The molecule has 0 bridgehead atoms. The molecule has 0 unspecified atom stereocenters. The van der Waals surface area contributed by atoms with Crippen LogP contribution < -0.4 is 10.6 Å². The number of carbonyl (C=O) groups excluding carboxylic acids is 2. The van der Waals surface area contributed by atoms with Gasteiger partial charge < -0.3 is 15.4 Å². The van der Waals surface area contributed by atoms with Crippen molar-refractivity contribution in [3.63, 3.8) is 0 Å². The van der Waals surface area contributed by atoms with Crippen LogP contribution in [0.2, 0.25) is 0 Å². The van der Waals surface area contributed by atoms with Gasteiger partial charge >= 0.3 is 0 Å². The molecule has 0 aliphatic rings. The van der Waals surface area contributed by atoms with E-state index >= 15 is 0 Å². The van der Waals surface area contributed by atoms with Crippen LogP contribution in [0.1, 0.15) is 5.56 Å². The monoisotopic (exact) mass is 236 g/mol. The van der Waals surface area contributed by atoms with Crippen molar-refractivity contribution in [3.05, 3.63) is 29.8 Å². The third kappa shape index (κ3) is 5.12. The Labute approximate surface area is 100 Å². The summed E-state index contributed by atoms with van der Waals surface area (Å²) in [6, 6.07) is 7.45.